The molecule has 0 spiro atoms. The second-order valence-electron chi connectivity index (χ2n) is 10.3. The van der Waals surface area contributed by atoms with E-state index in [-0.39, 0.29) is 6.23 Å². The van der Waals surface area contributed by atoms with Gasteiger partial charge in [-0.1, -0.05) is 128 Å². The molecule has 2 aromatic heterocycles. The first-order chi connectivity index (χ1) is 18.3. The molecule has 3 aromatic rings. The molecule has 0 amide bonds. The monoisotopic (exact) mass is 506 g/mol. The fourth-order valence-electron chi connectivity index (χ4n) is 4.95. The minimum Gasteiger partial charge on any atom is -0.382 e. The minimum absolute atomic E-state index is 0.182. The van der Waals surface area contributed by atoms with Crippen LogP contribution in [-0.4, -0.2) is 26.1 Å². The lowest BCUT2D eigenvalue weighted by molar-refractivity contribution is 0.00302. The van der Waals surface area contributed by atoms with E-state index in [1.165, 1.54) is 108 Å². The summed E-state index contributed by atoms with van der Waals surface area (Å²) in [7, 11) is 0. The maximum atomic E-state index is 6.37. The number of fused-ring (bicyclic) bond motifs is 1. The van der Waals surface area contributed by atoms with Gasteiger partial charge in [0.15, 0.2) is 11.5 Å². The van der Waals surface area contributed by atoms with Crippen molar-refractivity contribution in [3.63, 3.8) is 0 Å². The molecule has 6 nitrogen and oxygen atoms in total. The maximum Gasteiger partial charge on any atom is 0.167 e. The zero-order valence-electron chi connectivity index (χ0n) is 23.0. The van der Waals surface area contributed by atoms with Crippen molar-refractivity contribution in [3.05, 3.63) is 48.5 Å². The molecule has 0 aliphatic heterocycles. The van der Waals surface area contributed by atoms with Crippen molar-refractivity contribution in [2.45, 2.75) is 122 Å². The largest absolute Gasteiger partial charge is 0.382 e. The number of benzene rings is 1. The number of anilines is 1. The van der Waals surface area contributed by atoms with Gasteiger partial charge in [-0.25, -0.2) is 15.0 Å². The van der Waals surface area contributed by atoms with Gasteiger partial charge >= 0.3 is 0 Å². The van der Waals surface area contributed by atoms with E-state index in [1.54, 1.807) is 6.33 Å². The Balaban J connectivity index is 1.27. The summed E-state index contributed by atoms with van der Waals surface area (Å²) >= 11 is 0. The Bertz CT molecular complexity index is 974. The molecule has 1 radical (unpaired) electrons. The fraction of sp³-hybridized carbons (Fsp3) is 0.645. The highest BCUT2D eigenvalue weighted by Crippen LogP contribution is 2.23. The molecule has 1 unspecified atom stereocenters. The Morgan fingerprint density at radius 1 is 0.784 bits per heavy atom. The van der Waals surface area contributed by atoms with Crippen LogP contribution in [0.5, 0.6) is 0 Å². The van der Waals surface area contributed by atoms with Crippen LogP contribution in [0.4, 0.5) is 5.82 Å². The highest BCUT2D eigenvalue weighted by molar-refractivity contribution is 5.81. The molecule has 0 aliphatic rings. The summed E-state index contributed by atoms with van der Waals surface area (Å²) in [4.78, 5) is 12.9. The molecule has 6 heteroatoms. The zero-order chi connectivity index (χ0) is 26.0. The van der Waals surface area contributed by atoms with E-state index in [0.29, 0.717) is 17.0 Å². The first-order valence-electron chi connectivity index (χ1n) is 14.8. The molecule has 37 heavy (non-hydrogen) atoms. The van der Waals surface area contributed by atoms with Gasteiger partial charge in [-0.2, -0.15) is 0 Å². The molecule has 0 saturated heterocycles. The van der Waals surface area contributed by atoms with E-state index in [1.807, 2.05) is 16.7 Å². The molecule has 0 saturated carbocycles. The third kappa shape index (κ3) is 10.8. The van der Waals surface area contributed by atoms with Gasteiger partial charge in [-0.15, -0.1) is 0 Å². The number of nitrogen functional groups attached to an aromatic ring is 1. The summed E-state index contributed by atoms with van der Waals surface area (Å²) in [5.74, 6) is 0.398. The van der Waals surface area contributed by atoms with Crippen molar-refractivity contribution in [2.75, 3.05) is 12.3 Å². The van der Waals surface area contributed by atoms with Crippen LogP contribution < -0.4 is 5.73 Å². The summed E-state index contributed by atoms with van der Waals surface area (Å²) in [6.07, 6.45) is 25.7. The Kier molecular flexibility index (Phi) is 14.1. The number of hydrogen-bond acceptors (Lipinski definition) is 5. The Hall–Kier alpha value is -2.47. The normalized spacial score (nSPS) is 12.4. The van der Waals surface area contributed by atoms with Crippen LogP contribution in [-0.2, 0) is 11.2 Å². The number of rotatable bonds is 21. The lowest BCUT2D eigenvalue weighted by Gasteiger charge is -2.20. The molecular formula is C31H48N5O. The van der Waals surface area contributed by atoms with Crippen molar-refractivity contribution in [1.29, 1.82) is 0 Å². The summed E-state index contributed by atoms with van der Waals surface area (Å²) < 4.78 is 8.35. The van der Waals surface area contributed by atoms with E-state index in [4.69, 9.17) is 10.5 Å². The third-order valence-electron chi connectivity index (χ3n) is 7.20. The Morgan fingerprint density at radius 2 is 1.35 bits per heavy atom. The summed E-state index contributed by atoms with van der Waals surface area (Å²) in [5, 5.41) is 0. The molecule has 0 fully saturated rings. The van der Waals surface area contributed by atoms with E-state index in [0.717, 1.165) is 19.4 Å². The molecule has 1 atom stereocenters. The molecule has 3 rings (SSSR count). The van der Waals surface area contributed by atoms with E-state index in [2.05, 4.69) is 40.1 Å². The van der Waals surface area contributed by atoms with Crippen LogP contribution in [0, 0.1) is 6.07 Å². The summed E-state index contributed by atoms with van der Waals surface area (Å²) in [6.45, 7) is 3.01. The van der Waals surface area contributed by atoms with Crippen LogP contribution >= 0.6 is 0 Å². The number of nitrogens with two attached hydrogens (primary N) is 1. The highest BCUT2D eigenvalue weighted by Gasteiger charge is 2.17. The van der Waals surface area contributed by atoms with Crippen molar-refractivity contribution >= 4 is 17.0 Å². The Morgan fingerprint density at radius 3 is 1.95 bits per heavy atom. The molecule has 2 heterocycles. The standard InChI is InChI=1S/C31H48N5O/c1-2-3-4-5-6-7-8-9-10-11-12-13-14-15-16-20-23-37-28(24-27-21-18-17-19-22-27)36-26-35-29-30(32)33-25-34-31(29)36/h18-19,21-22,25-26,28H,2-16,20,23-24H2,1H3,(H2,32,33,34). The van der Waals surface area contributed by atoms with Crippen molar-refractivity contribution in [3.8, 4) is 0 Å². The first-order valence-corrected chi connectivity index (χ1v) is 14.8. The van der Waals surface area contributed by atoms with Crippen LogP contribution in [0.1, 0.15) is 121 Å². The molecule has 203 valence electrons. The van der Waals surface area contributed by atoms with Gasteiger partial charge in [-0.05, 0) is 18.1 Å². The number of imidazole rings is 1. The van der Waals surface area contributed by atoms with Gasteiger partial charge in [0.25, 0.3) is 0 Å². The van der Waals surface area contributed by atoms with Crippen molar-refractivity contribution < 1.29 is 4.74 Å². The zero-order valence-corrected chi connectivity index (χ0v) is 23.0. The predicted molar refractivity (Wildman–Crippen MR) is 153 cm³/mol. The molecule has 1 aromatic carbocycles. The lowest BCUT2D eigenvalue weighted by atomic mass is 10.0. The number of aromatic nitrogens is 4. The van der Waals surface area contributed by atoms with E-state index >= 15 is 0 Å². The number of nitrogens with zero attached hydrogens (tertiary/aromatic N) is 4. The minimum atomic E-state index is -0.182. The predicted octanol–water partition coefficient (Wildman–Crippen LogP) is 8.23. The summed E-state index contributed by atoms with van der Waals surface area (Å²) in [6, 6.07) is 11.1. The van der Waals surface area contributed by atoms with Gasteiger partial charge in [0.2, 0.25) is 0 Å². The smallest absolute Gasteiger partial charge is 0.167 e. The SMILES string of the molecule is CCCCCCCCCCCCCCCCCCOC(Cc1cc[c]cc1)n1cnc2c(N)ncnc21. The van der Waals surface area contributed by atoms with Crippen LogP contribution in [0.25, 0.3) is 11.2 Å². The fourth-order valence-corrected chi connectivity index (χ4v) is 4.95. The molecule has 2 N–H and O–H groups in total. The number of unbranched alkanes of at least 4 members (excludes halogenated alkanes) is 15. The quantitative estimate of drug-likeness (QED) is 0.147. The Labute approximate surface area is 224 Å². The van der Waals surface area contributed by atoms with Gasteiger partial charge < -0.3 is 10.5 Å². The van der Waals surface area contributed by atoms with E-state index in [9.17, 15) is 0 Å². The average molecular weight is 507 g/mol. The van der Waals surface area contributed by atoms with Gasteiger partial charge in [0.1, 0.15) is 18.1 Å². The topological polar surface area (TPSA) is 78.9 Å². The van der Waals surface area contributed by atoms with Gasteiger partial charge in [-0.3, -0.25) is 4.57 Å². The maximum absolute atomic E-state index is 6.37. The van der Waals surface area contributed by atoms with Gasteiger partial charge in [0.05, 0.1) is 6.33 Å². The molecular weight excluding hydrogens is 458 g/mol. The number of hydrogen-bond donors (Lipinski definition) is 1. The van der Waals surface area contributed by atoms with Crippen molar-refractivity contribution in [2.24, 2.45) is 0 Å². The van der Waals surface area contributed by atoms with Crippen LogP contribution in [0.3, 0.4) is 0 Å². The first kappa shape index (κ1) is 29.1. The third-order valence-corrected chi connectivity index (χ3v) is 7.20. The average Bonchev–Trinajstić information content (AvgIpc) is 3.36. The summed E-state index contributed by atoms with van der Waals surface area (Å²) in [5.41, 5.74) is 8.53. The second kappa shape index (κ2) is 17.9. The molecule has 0 bridgehead atoms. The second-order valence-corrected chi connectivity index (χ2v) is 10.3. The van der Waals surface area contributed by atoms with Crippen molar-refractivity contribution in [1.82, 2.24) is 19.5 Å². The van der Waals surface area contributed by atoms with E-state index < -0.39 is 0 Å². The lowest BCUT2D eigenvalue weighted by Crippen LogP contribution is -2.16. The van der Waals surface area contributed by atoms with Gasteiger partial charge in [0, 0.05) is 13.0 Å². The van der Waals surface area contributed by atoms with Crippen LogP contribution in [0.2, 0.25) is 0 Å². The molecule has 0 aliphatic carbocycles. The van der Waals surface area contributed by atoms with Crippen LogP contribution in [0.15, 0.2) is 36.9 Å². The number of ether oxygens (including phenoxy) is 1. The highest BCUT2D eigenvalue weighted by atomic mass is 16.5.